The van der Waals surface area contributed by atoms with Gasteiger partial charge in [0.1, 0.15) is 12.4 Å². The molecule has 1 heterocycles. The van der Waals surface area contributed by atoms with E-state index in [-0.39, 0.29) is 6.79 Å². The van der Waals surface area contributed by atoms with Crippen molar-refractivity contribution in [2.24, 2.45) is 5.92 Å². The zero-order valence-corrected chi connectivity index (χ0v) is 11.4. The van der Waals surface area contributed by atoms with Crippen molar-refractivity contribution in [2.75, 3.05) is 26.6 Å². The molecule has 4 heteroatoms. The molecular formula is C15H20O4. The zero-order valence-electron chi connectivity index (χ0n) is 11.4. The van der Waals surface area contributed by atoms with Crippen molar-refractivity contribution in [2.45, 2.75) is 13.8 Å². The van der Waals surface area contributed by atoms with Crippen LogP contribution in [-0.4, -0.2) is 26.6 Å². The molecule has 0 unspecified atom stereocenters. The summed E-state index contributed by atoms with van der Waals surface area (Å²) in [6, 6.07) is 5.56. The molecule has 0 spiro atoms. The Labute approximate surface area is 113 Å². The number of fused-ring (bicyclic) bond motifs is 1. The van der Waals surface area contributed by atoms with Gasteiger partial charge in [-0.1, -0.05) is 19.9 Å². The quantitative estimate of drug-likeness (QED) is 0.560. The Hall–Kier alpha value is -1.68. The standard InChI is InChI=1S/C15H20O4/c1-12(2)10-16-7-3-4-8-17-13-5-6-14-15(9-13)19-11-18-14/h3-6,9,12H,7-8,10-11H2,1-2H3/b4-3+. The summed E-state index contributed by atoms with van der Waals surface area (Å²) in [5.74, 6) is 2.85. The van der Waals surface area contributed by atoms with Crippen LogP contribution in [0.25, 0.3) is 0 Å². The van der Waals surface area contributed by atoms with Gasteiger partial charge in [0.15, 0.2) is 11.5 Å². The Kier molecular flexibility index (Phi) is 5.10. The maximum atomic E-state index is 5.58. The minimum atomic E-state index is 0.284. The van der Waals surface area contributed by atoms with E-state index < -0.39 is 0 Å². The fraction of sp³-hybridized carbons (Fsp3) is 0.467. The summed E-state index contributed by atoms with van der Waals surface area (Å²) < 4.78 is 21.5. The lowest BCUT2D eigenvalue weighted by Crippen LogP contribution is -2.01. The van der Waals surface area contributed by atoms with Gasteiger partial charge in [-0.2, -0.15) is 0 Å². The topological polar surface area (TPSA) is 36.9 Å². The summed E-state index contributed by atoms with van der Waals surface area (Å²) in [4.78, 5) is 0. The molecule has 1 aliphatic heterocycles. The molecule has 104 valence electrons. The maximum Gasteiger partial charge on any atom is 0.231 e. The van der Waals surface area contributed by atoms with E-state index in [0.29, 0.717) is 19.1 Å². The number of rotatable bonds is 7. The van der Waals surface area contributed by atoms with Crippen molar-refractivity contribution in [1.29, 1.82) is 0 Å². The van der Waals surface area contributed by atoms with Crippen molar-refractivity contribution >= 4 is 0 Å². The summed E-state index contributed by atoms with van der Waals surface area (Å²) >= 11 is 0. The minimum absolute atomic E-state index is 0.284. The molecule has 1 aromatic carbocycles. The van der Waals surface area contributed by atoms with E-state index in [9.17, 15) is 0 Å². The van der Waals surface area contributed by atoms with Crippen molar-refractivity contribution in [1.82, 2.24) is 0 Å². The van der Waals surface area contributed by atoms with Gasteiger partial charge in [0.05, 0.1) is 6.61 Å². The van der Waals surface area contributed by atoms with E-state index in [0.717, 1.165) is 23.9 Å². The monoisotopic (exact) mass is 264 g/mol. The van der Waals surface area contributed by atoms with E-state index in [1.165, 1.54) is 0 Å². The summed E-state index contributed by atoms with van der Waals surface area (Å²) in [5.41, 5.74) is 0. The van der Waals surface area contributed by atoms with Crippen molar-refractivity contribution in [3.8, 4) is 17.2 Å². The van der Waals surface area contributed by atoms with Gasteiger partial charge >= 0.3 is 0 Å². The average molecular weight is 264 g/mol. The minimum Gasteiger partial charge on any atom is -0.489 e. The molecule has 0 saturated heterocycles. The first-order valence-electron chi connectivity index (χ1n) is 6.51. The highest BCUT2D eigenvalue weighted by atomic mass is 16.7. The van der Waals surface area contributed by atoms with Crippen LogP contribution in [0, 0.1) is 5.92 Å². The Bertz CT molecular complexity index is 426. The Morgan fingerprint density at radius 1 is 1.16 bits per heavy atom. The van der Waals surface area contributed by atoms with Gasteiger partial charge in [0.2, 0.25) is 6.79 Å². The molecule has 0 fully saturated rings. The Morgan fingerprint density at radius 3 is 2.79 bits per heavy atom. The van der Waals surface area contributed by atoms with Crippen LogP contribution in [0.15, 0.2) is 30.4 Å². The molecule has 0 aliphatic carbocycles. The molecule has 1 aliphatic rings. The van der Waals surface area contributed by atoms with Crippen LogP contribution in [0.3, 0.4) is 0 Å². The normalized spacial score (nSPS) is 13.4. The highest BCUT2D eigenvalue weighted by Crippen LogP contribution is 2.34. The largest absolute Gasteiger partial charge is 0.489 e. The van der Waals surface area contributed by atoms with E-state index >= 15 is 0 Å². The highest BCUT2D eigenvalue weighted by molar-refractivity contribution is 5.46. The molecule has 19 heavy (non-hydrogen) atoms. The molecule has 1 aromatic rings. The van der Waals surface area contributed by atoms with Gasteiger partial charge in [-0.3, -0.25) is 0 Å². The molecule has 4 nitrogen and oxygen atoms in total. The van der Waals surface area contributed by atoms with Crippen molar-refractivity contribution in [3.05, 3.63) is 30.4 Å². The van der Waals surface area contributed by atoms with Gasteiger partial charge < -0.3 is 18.9 Å². The smallest absolute Gasteiger partial charge is 0.231 e. The van der Waals surface area contributed by atoms with E-state index in [2.05, 4.69) is 13.8 Å². The van der Waals surface area contributed by atoms with Crippen molar-refractivity contribution < 1.29 is 18.9 Å². The third kappa shape index (κ3) is 4.48. The van der Waals surface area contributed by atoms with Crippen LogP contribution in [0.4, 0.5) is 0 Å². The third-order valence-electron chi connectivity index (χ3n) is 2.52. The van der Waals surface area contributed by atoms with Gasteiger partial charge in [-0.15, -0.1) is 0 Å². The van der Waals surface area contributed by atoms with E-state index in [1.807, 2.05) is 30.4 Å². The SMILES string of the molecule is CC(C)COC/C=C/COc1ccc2c(c1)OCO2. The predicted molar refractivity (Wildman–Crippen MR) is 72.9 cm³/mol. The van der Waals surface area contributed by atoms with Gasteiger partial charge in [0, 0.05) is 12.7 Å². The van der Waals surface area contributed by atoms with Crippen LogP contribution in [0.2, 0.25) is 0 Å². The molecule has 0 amide bonds. The van der Waals surface area contributed by atoms with Gasteiger partial charge in [-0.25, -0.2) is 0 Å². The third-order valence-corrected chi connectivity index (χ3v) is 2.52. The first-order chi connectivity index (χ1) is 9.25. The van der Waals surface area contributed by atoms with Crippen molar-refractivity contribution in [3.63, 3.8) is 0 Å². The summed E-state index contributed by atoms with van der Waals surface area (Å²) in [6.07, 6.45) is 3.92. The molecular weight excluding hydrogens is 244 g/mol. The fourth-order valence-electron chi connectivity index (χ4n) is 1.62. The van der Waals surface area contributed by atoms with Crippen LogP contribution in [-0.2, 0) is 4.74 Å². The van der Waals surface area contributed by atoms with Crippen LogP contribution >= 0.6 is 0 Å². The van der Waals surface area contributed by atoms with Gasteiger partial charge in [0.25, 0.3) is 0 Å². The second-order valence-corrected chi connectivity index (χ2v) is 4.73. The first-order valence-corrected chi connectivity index (χ1v) is 6.51. The molecule has 2 rings (SSSR count). The zero-order chi connectivity index (χ0) is 13.5. The number of benzene rings is 1. The number of hydrogen-bond donors (Lipinski definition) is 0. The number of hydrogen-bond acceptors (Lipinski definition) is 4. The van der Waals surface area contributed by atoms with Crippen LogP contribution < -0.4 is 14.2 Å². The first kappa shape index (κ1) is 13.7. The second kappa shape index (κ2) is 7.04. The van der Waals surface area contributed by atoms with E-state index in [4.69, 9.17) is 18.9 Å². The summed E-state index contributed by atoms with van der Waals surface area (Å²) in [7, 11) is 0. The fourth-order valence-corrected chi connectivity index (χ4v) is 1.62. The van der Waals surface area contributed by atoms with Crippen LogP contribution in [0.1, 0.15) is 13.8 Å². The number of ether oxygens (including phenoxy) is 4. The maximum absolute atomic E-state index is 5.58. The lowest BCUT2D eigenvalue weighted by molar-refractivity contribution is 0.134. The molecule has 0 saturated carbocycles. The molecule has 0 bridgehead atoms. The Morgan fingerprint density at radius 2 is 1.95 bits per heavy atom. The average Bonchev–Trinajstić information content (AvgIpc) is 2.84. The van der Waals surface area contributed by atoms with E-state index in [1.54, 1.807) is 0 Å². The summed E-state index contributed by atoms with van der Waals surface area (Å²) in [5, 5.41) is 0. The second-order valence-electron chi connectivity index (χ2n) is 4.73. The molecule has 0 radical (unpaired) electrons. The molecule has 0 atom stereocenters. The summed E-state index contributed by atoms with van der Waals surface area (Å²) in [6.45, 7) is 6.48. The van der Waals surface area contributed by atoms with Crippen LogP contribution in [0.5, 0.6) is 17.2 Å². The highest BCUT2D eigenvalue weighted by Gasteiger charge is 2.13. The lowest BCUT2D eigenvalue weighted by atomic mass is 10.2. The predicted octanol–water partition coefficient (Wildman–Crippen LogP) is 3.02. The lowest BCUT2D eigenvalue weighted by Gasteiger charge is -2.05. The molecule has 0 aromatic heterocycles. The molecule has 0 N–H and O–H groups in total. The Balaban J connectivity index is 1.67. The van der Waals surface area contributed by atoms with Gasteiger partial charge in [-0.05, 0) is 24.1 Å².